The van der Waals surface area contributed by atoms with Gasteiger partial charge in [0.1, 0.15) is 11.3 Å². The Balaban J connectivity index is 1.76. The van der Waals surface area contributed by atoms with E-state index in [1.54, 1.807) is 24.1 Å². The number of benzene rings is 1. The molecule has 0 bridgehead atoms. The molecule has 0 spiro atoms. The molecule has 4 rings (SSSR count). The van der Waals surface area contributed by atoms with E-state index >= 15 is 0 Å². The molecule has 0 radical (unpaired) electrons. The van der Waals surface area contributed by atoms with Gasteiger partial charge < -0.3 is 9.47 Å². The molecular weight excluding hydrogens is 412 g/mol. The number of methoxy groups -OCH3 is 1. The number of thiazole rings is 1. The predicted molar refractivity (Wildman–Crippen MR) is 114 cm³/mol. The standard InChI is InChI=1S/C20H23ClN4O3S/c1-4-25-12(2)10-15(23-25)19(26)24(11-13-6-5-9-28-13)20-22-17-16(27-3)8-7-14(21)18(17)29-20/h7-8,10,13H,4-6,9,11H2,1-3H3. The fourth-order valence-electron chi connectivity index (χ4n) is 3.53. The van der Waals surface area contributed by atoms with Crippen LogP contribution < -0.4 is 9.64 Å². The molecule has 1 amide bonds. The Bertz CT molecular complexity index is 1040. The summed E-state index contributed by atoms with van der Waals surface area (Å²) in [5, 5.41) is 5.61. The smallest absolute Gasteiger partial charge is 0.280 e. The number of hydrogen-bond acceptors (Lipinski definition) is 6. The minimum Gasteiger partial charge on any atom is -0.494 e. The highest BCUT2D eigenvalue weighted by Gasteiger charge is 2.29. The van der Waals surface area contributed by atoms with Gasteiger partial charge in [0.15, 0.2) is 10.8 Å². The first-order valence-electron chi connectivity index (χ1n) is 9.62. The molecule has 154 valence electrons. The summed E-state index contributed by atoms with van der Waals surface area (Å²) in [6.45, 7) is 5.80. The highest BCUT2D eigenvalue weighted by Crippen LogP contribution is 2.39. The predicted octanol–water partition coefficient (Wildman–Crippen LogP) is 4.31. The van der Waals surface area contributed by atoms with Crippen molar-refractivity contribution in [3.63, 3.8) is 0 Å². The maximum atomic E-state index is 13.4. The molecule has 1 aromatic carbocycles. The van der Waals surface area contributed by atoms with Crippen LogP contribution in [0.25, 0.3) is 10.2 Å². The number of amides is 1. The third-order valence-electron chi connectivity index (χ3n) is 5.05. The lowest BCUT2D eigenvalue weighted by molar-refractivity contribution is 0.0912. The minimum atomic E-state index is -0.190. The zero-order valence-corrected chi connectivity index (χ0v) is 18.2. The summed E-state index contributed by atoms with van der Waals surface area (Å²) >= 11 is 7.76. The highest BCUT2D eigenvalue weighted by molar-refractivity contribution is 7.23. The summed E-state index contributed by atoms with van der Waals surface area (Å²) in [7, 11) is 1.59. The zero-order chi connectivity index (χ0) is 20.5. The summed E-state index contributed by atoms with van der Waals surface area (Å²) in [4.78, 5) is 19.8. The first-order valence-corrected chi connectivity index (χ1v) is 10.8. The van der Waals surface area contributed by atoms with Crippen molar-refractivity contribution in [2.75, 3.05) is 25.2 Å². The van der Waals surface area contributed by atoms with Crippen LogP contribution in [0.1, 0.15) is 35.9 Å². The Kier molecular flexibility index (Phi) is 5.76. The lowest BCUT2D eigenvalue weighted by Crippen LogP contribution is -2.37. The number of anilines is 1. The fourth-order valence-corrected chi connectivity index (χ4v) is 4.80. The van der Waals surface area contributed by atoms with Crippen molar-refractivity contribution in [2.45, 2.75) is 39.3 Å². The van der Waals surface area contributed by atoms with Crippen LogP contribution in [0.15, 0.2) is 18.2 Å². The topological polar surface area (TPSA) is 69.5 Å². The van der Waals surface area contributed by atoms with E-state index in [0.29, 0.717) is 40.2 Å². The number of aromatic nitrogens is 3. The van der Waals surface area contributed by atoms with E-state index in [1.165, 1.54) is 11.3 Å². The summed E-state index contributed by atoms with van der Waals surface area (Å²) in [6.07, 6.45) is 1.90. The average molecular weight is 435 g/mol. The van der Waals surface area contributed by atoms with E-state index in [2.05, 4.69) is 5.10 Å². The molecule has 1 saturated heterocycles. The number of ether oxygens (including phenoxy) is 2. The van der Waals surface area contributed by atoms with Crippen molar-refractivity contribution < 1.29 is 14.3 Å². The molecule has 3 aromatic rings. The van der Waals surface area contributed by atoms with Gasteiger partial charge in [0.2, 0.25) is 0 Å². The Morgan fingerprint density at radius 2 is 2.31 bits per heavy atom. The van der Waals surface area contributed by atoms with Crippen LogP contribution in [0, 0.1) is 6.92 Å². The van der Waals surface area contributed by atoms with Gasteiger partial charge in [0.25, 0.3) is 5.91 Å². The van der Waals surface area contributed by atoms with E-state index in [9.17, 15) is 4.79 Å². The first kappa shape index (κ1) is 20.1. The molecule has 2 aromatic heterocycles. The molecule has 1 unspecified atom stereocenters. The monoisotopic (exact) mass is 434 g/mol. The molecule has 3 heterocycles. The minimum absolute atomic E-state index is 0.0160. The second-order valence-electron chi connectivity index (χ2n) is 6.96. The van der Waals surface area contributed by atoms with Gasteiger partial charge in [0.05, 0.1) is 29.5 Å². The van der Waals surface area contributed by atoms with Crippen molar-refractivity contribution in [2.24, 2.45) is 0 Å². The number of carbonyl (C=O) groups excluding carboxylic acids is 1. The van der Waals surface area contributed by atoms with Crippen LogP contribution in [0.4, 0.5) is 5.13 Å². The Morgan fingerprint density at radius 3 is 2.97 bits per heavy atom. The number of carbonyl (C=O) groups is 1. The summed E-state index contributed by atoms with van der Waals surface area (Å²) in [5.74, 6) is 0.437. The van der Waals surface area contributed by atoms with Gasteiger partial charge in [-0.3, -0.25) is 14.4 Å². The largest absolute Gasteiger partial charge is 0.494 e. The van der Waals surface area contributed by atoms with Crippen LogP contribution in [-0.2, 0) is 11.3 Å². The lowest BCUT2D eigenvalue weighted by atomic mass is 10.2. The summed E-state index contributed by atoms with van der Waals surface area (Å²) < 4.78 is 13.8. The SMILES string of the molecule is CCn1nc(C(=O)N(CC2CCCO2)c2nc3c(OC)ccc(Cl)c3s2)cc1C. The average Bonchev–Trinajstić information content (AvgIpc) is 3.45. The molecule has 7 nitrogen and oxygen atoms in total. The molecule has 1 aliphatic heterocycles. The van der Waals surface area contributed by atoms with Crippen molar-refractivity contribution >= 4 is 44.2 Å². The Labute approximate surface area is 178 Å². The molecule has 1 atom stereocenters. The third-order valence-corrected chi connectivity index (χ3v) is 6.59. The normalized spacial score (nSPS) is 16.5. The van der Waals surface area contributed by atoms with Crippen LogP contribution in [0.2, 0.25) is 5.02 Å². The lowest BCUT2D eigenvalue weighted by Gasteiger charge is -2.22. The Hall–Kier alpha value is -2.16. The maximum Gasteiger partial charge on any atom is 0.280 e. The van der Waals surface area contributed by atoms with Crippen LogP contribution in [-0.4, -0.2) is 47.0 Å². The fraction of sp³-hybridized carbons (Fsp3) is 0.450. The highest BCUT2D eigenvalue weighted by atomic mass is 35.5. The number of aryl methyl sites for hydroxylation is 2. The van der Waals surface area contributed by atoms with Gasteiger partial charge in [-0.2, -0.15) is 5.10 Å². The van der Waals surface area contributed by atoms with Gasteiger partial charge in [-0.1, -0.05) is 22.9 Å². The van der Waals surface area contributed by atoms with E-state index in [4.69, 9.17) is 26.1 Å². The zero-order valence-electron chi connectivity index (χ0n) is 16.6. The molecule has 1 fully saturated rings. The van der Waals surface area contributed by atoms with Crippen molar-refractivity contribution in [3.05, 3.63) is 34.6 Å². The second kappa shape index (κ2) is 8.30. The number of halogens is 1. The number of hydrogen-bond donors (Lipinski definition) is 0. The molecule has 9 heteroatoms. The van der Waals surface area contributed by atoms with Gasteiger partial charge in [-0.15, -0.1) is 0 Å². The molecular formula is C20H23ClN4O3S. The Morgan fingerprint density at radius 1 is 1.48 bits per heavy atom. The number of rotatable bonds is 6. The molecule has 0 aliphatic carbocycles. The van der Waals surface area contributed by atoms with Crippen molar-refractivity contribution in [3.8, 4) is 5.75 Å². The summed E-state index contributed by atoms with van der Waals surface area (Å²) in [5.41, 5.74) is 2.00. The van der Waals surface area contributed by atoms with Gasteiger partial charge in [0, 0.05) is 18.8 Å². The van der Waals surface area contributed by atoms with Gasteiger partial charge in [-0.25, -0.2) is 4.98 Å². The molecule has 0 N–H and O–H groups in total. The third kappa shape index (κ3) is 3.84. The molecule has 29 heavy (non-hydrogen) atoms. The van der Waals surface area contributed by atoms with E-state index in [-0.39, 0.29) is 12.0 Å². The number of nitrogens with zero attached hydrogens (tertiary/aromatic N) is 4. The summed E-state index contributed by atoms with van der Waals surface area (Å²) in [6, 6.07) is 5.38. The van der Waals surface area contributed by atoms with Crippen LogP contribution in [0.3, 0.4) is 0 Å². The van der Waals surface area contributed by atoms with Crippen molar-refractivity contribution in [1.29, 1.82) is 0 Å². The maximum absolute atomic E-state index is 13.4. The van der Waals surface area contributed by atoms with Crippen LogP contribution >= 0.6 is 22.9 Å². The van der Waals surface area contributed by atoms with E-state index in [0.717, 1.165) is 29.8 Å². The quantitative estimate of drug-likeness (QED) is 0.578. The van der Waals surface area contributed by atoms with E-state index < -0.39 is 0 Å². The van der Waals surface area contributed by atoms with Gasteiger partial charge in [-0.05, 0) is 44.9 Å². The number of fused-ring (bicyclic) bond motifs is 1. The van der Waals surface area contributed by atoms with Crippen LogP contribution in [0.5, 0.6) is 5.75 Å². The van der Waals surface area contributed by atoms with Crippen molar-refractivity contribution in [1.82, 2.24) is 14.8 Å². The first-order chi connectivity index (χ1) is 14.0. The second-order valence-corrected chi connectivity index (χ2v) is 8.35. The molecule has 1 aliphatic rings. The van der Waals surface area contributed by atoms with Gasteiger partial charge >= 0.3 is 0 Å². The molecule has 0 saturated carbocycles. The van der Waals surface area contributed by atoms with E-state index in [1.807, 2.05) is 24.6 Å².